The standard InChI is InChI=1S/C15H17N3O/c1-15(16,12-8-4-2-5-9-12)14(19)18-17-13-10-6-3-7-11-13/h2-11,17H,16H2,1H3,(H,18,19)/t15-/m0/s1. The molecule has 0 heterocycles. The van der Waals surface area contributed by atoms with Crippen LogP contribution in [0.4, 0.5) is 5.69 Å². The number of carbonyl (C=O) groups is 1. The Morgan fingerprint density at radius 2 is 1.53 bits per heavy atom. The van der Waals surface area contributed by atoms with Gasteiger partial charge in [-0.05, 0) is 24.6 Å². The van der Waals surface area contributed by atoms with Crippen molar-refractivity contribution in [2.24, 2.45) is 5.73 Å². The lowest BCUT2D eigenvalue weighted by atomic mass is 9.93. The Kier molecular flexibility index (Phi) is 3.82. The second kappa shape index (κ2) is 5.54. The molecule has 1 atom stereocenters. The molecule has 2 rings (SSSR count). The molecule has 0 fully saturated rings. The Morgan fingerprint density at radius 1 is 1.00 bits per heavy atom. The van der Waals surface area contributed by atoms with E-state index in [4.69, 9.17) is 5.73 Å². The maximum Gasteiger partial charge on any atom is 0.262 e. The van der Waals surface area contributed by atoms with Crippen LogP contribution in [-0.4, -0.2) is 5.91 Å². The average molecular weight is 255 g/mol. The summed E-state index contributed by atoms with van der Waals surface area (Å²) < 4.78 is 0. The molecular formula is C15H17N3O. The van der Waals surface area contributed by atoms with Crippen molar-refractivity contribution in [2.75, 3.05) is 5.43 Å². The van der Waals surface area contributed by atoms with E-state index in [0.29, 0.717) is 0 Å². The zero-order valence-corrected chi connectivity index (χ0v) is 10.8. The summed E-state index contributed by atoms with van der Waals surface area (Å²) in [5.74, 6) is -0.289. The molecule has 0 aliphatic carbocycles. The molecule has 2 aromatic carbocycles. The molecule has 19 heavy (non-hydrogen) atoms. The van der Waals surface area contributed by atoms with Gasteiger partial charge in [-0.15, -0.1) is 0 Å². The first-order valence-electron chi connectivity index (χ1n) is 6.06. The zero-order valence-electron chi connectivity index (χ0n) is 10.8. The number of hydrogen-bond acceptors (Lipinski definition) is 3. The van der Waals surface area contributed by atoms with Crippen molar-refractivity contribution in [3.63, 3.8) is 0 Å². The number of anilines is 1. The van der Waals surface area contributed by atoms with Gasteiger partial charge in [-0.2, -0.15) is 0 Å². The highest BCUT2D eigenvalue weighted by atomic mass is 16.2. The van der Waals surface area contributed by atoms with Gasteiger partial charge in [0.2, 0.25) is 0 Å². The monoisotopic (exact) mass is 255 g/mol. The van der Waals surface area contributed by atoms with Gasteiger partial charge >= 0.3 is 0 Å². The van der Waals surface area contributed by atoms with E-state index in [9.17, 15) is 4.79 Å². The van der Waals surface area contributed by atoms with Crippen LogP contribution in [0.2, 0.25) is 0 Å². The van der Waals surface area contributed by atoms with Crippen LogP contribution in [0.1, 0.15) is 12.5 Å². The predicted molar refractivity (Wildman–Crippen MR) is 76.2 cm³/mol. The van der Waals surface area contributed by atoms with E-state index >= 15 is 0 Å². The lowest BCUT2D eigenvalue weighted by Gasteiger charge is -2.24. The fourth-order valence-corrected chi connectivity index (χ4v) is 1.70. The number of nitrogens with two attached hydrogens (primary N) is 1. The third-order valence-electron chi connectivity index (χ3n) is 2.94. The van der Waals surface area contributed by atoms with E-state index in [2.05, 4.69) is 10.9 Å². The normalized spacial score (nSPS) is 13.4. The fraction of sp³-hybridized carbons (Fsp3) is 0.133. The third-order valence-corrected chi connectivity index (χ3v) is 2.94. The second-order valence-corrected chi connectivity index (χ2v) is 4.51. The maximum atomic E-state index is 12.1. The number of nitrogens with one attached hydrogen (secondary N) is 2. The highest BCUT2D eigenvalue weighted by Gasteiger charge is 2.30. The van der Waals surface area contributed by atoms with Crippen LogP contribution < -0.4 is 16.6 Å². The molecule has 4 N–H and O–H groups in total. The number of rotatable bonds is 4. The lowest BCUT2D eigenvalue weighted by molar-refractivity contribution is -0.125. The summed E-state index contributed by atoms with van der Waals surface area (Å²) in [6.07, 6.45) is 0. The van der Waals surface area contributed by atoms with Crippen molar-refractivity contribution >= 4 is 11.6 Å². The first kappa shape index (κ1) is 13.1. The number of benzene rings is 2. The third kappa shape index (κ3) is 3.11. The molecule has 0 spiro atoms. The smallest absolute Gasteiger partial charge is 0.262 e. The summed E-state index contributed by atoms with van der Waals surface area (Å²) in [6, 6.07) is 18.7. The number of para-hydroxylation sites is 1. The van der Waals surface area contributed by atoms with Crippen molar-refractivity contribution in [2.45, 2.75) is 12.5 Å². The molecule has 1 amide bonds. The zero-order chi connectivity index (χ0) is 13.7. The van der Waals surface area contributed by atoms with E-state index in [1.807, 2.05) is 60.7 Å². The van der Waals surface area contributed by atoms with Gasteiger partial charge < -0.3 is 5.73 Å². The van der Waals surface area contributed by atoms with Gasteiger partial charge in [0.1, 0.15) is 5.54 Å². The summed E-state index contributed by atoms with van der Waals surface area (Å²) >= 11 is 0. The highest BCUT2D eigenvalue weighted by Crippen LogP contribution is 2.17. The average Bonchev–Trinajstić information content (AvgIpc) is 2.46. The van der Waals surface area contributed by atoms with Gasteiger partial charge in [0, 0.05) is 0 Å². The van der Waals surface area contributed by atoms with Gasteiger partial charge in [0.15, 0.2) is 0 Å². The minimum absolute atomic E-state index is 0.289. The molecule has 0 aliphatic heterocycles. The topological polar surface area (TPSA) is 67.2 Å². The maximum absolute atomic E-state index is 12.1. The molecule has 98 valence electrons. The molecule has 0 bridgehead atoms. The predicted octanol–water partition coefficient (Wildman–Crippen LogP) is 2.00. The molecule has 2 aromatic rings. The van der Waals surface area contributed by atoms with Crippen LogP contribution in [0.5, 0.6) is 0 Å². The fourth-order valence-electron chi connectivity index (χ4n) is 1.70. The van der Waals surface area contributed by atoms with Crippen molar-refractivity contribution in [1.29, 1.82) is 0 Å². The SMILES string of the molecule is C[C@@](N)(C(=O)NNc1ccccc1)c1ccccc1. The molecule has 4 heteroatoms. The second-order valence-electron chi connectivity index (χ2n) is 4.51. The van der Waals surface area contributed by atoms with Crippen molar-refractivity contribution in [1.82, 2.24) is 5.43 Å². The highest BCUT2D eigenvalue weighted by molar-refractivity contribution is 5.87. The Hall–Kier alpha value is -2.33. The van der Waals surface area contributed by atoms with Crippen molar-refractivity contribution in [3.8, 4) is 0 Å². The molecule has 0 saturated carbocycles. The molecule has 4 nitrogen and oxygen atoms in total. The number of hydrogen-bond donors (Lipinski definition) is 3. The van der Waals surface area contributed by atoms with Crippen molar-refractivity contribution in [3.05, 3.63) is 66.2 Å². The van der Waals surface area contributed by atoms with Crippen LogP contribution in [-0.2, 0) is 10.3 Å². The molecule has 0 aliphatic rings. The van der Waals surface area contributed by atoms with Crippen LogP contribution in [0.15, 0.2) is 60.7 Å². The van der Waals surface area contributed by atoms with Crippen LogP contribution >= 0.6 is 0 Å². The van der Waals surface area contributed by atoms with Gasteiger partial charge in [-0.1, -0.05) is 48.5 Å². The largest absolute Gasteiger partial charge is 0.314 e. The van der Waals surface area contributed by atoms with Gasteiger partial charge in [0.05, 0.1) is 5.69 Å². The Morgan fingerprint density at radius 3 is 2.11 bits per heavy atom. The van der Waals surface area contributed by atoms with E-state index in [0.717, 1.165) is 11.3 Å². The Bertz CT molecular complexity index is 538. The summed E-state index contributed by atoms with van der Waals surface area (Å²) in [4.78, 5) is 12.1. The van der Waals surface area contributed by atoms with Crippen LogP contribution in [0.3, 0.4) is 0 Å². The number of amides is 1. The van der Waals surface area contributed by atoms with E-state index < -0.39 is 5.54 Å². The summed E-state index contributed by atoms with van der Waals surface area (Å²) in [5.41, 5.74) is 12.0. The van der Waals surface area contributed by atoms with Gasteiger partial charge in [0.25, 0.3) is 5.91 Å². The molecule has 0 aromatic heterocycles. The van der Waals surface area contributed by atoms with Crippen LogP contribution in [0, 0.1) is 0 Å². The van der Waals surface area contributed by atoms with Crippen LogP contribution in [0.25, 0.3) is 0 Å². The first-order valence-corrected chi connectivity index (χ1v) is 6.06. The van der Waals surface area contributed by atoms with E-state index in [1.54, 1.807) is 6.92 Å². The Balaban J connectivity index is 2.03. The summed E-state index contributed by atoms with van der Waals surface area (Å²) in [7, 11) is 0. The van der Waals surface area contributed by atoms with Crippen molar-refractivity contribution < 1.29 is 4.79 Å². The van der Waals surface area contributed by atoms with Gasteiger partial charge in [-0.3, -0.25) is 15.6 Å². The number of hydrazine groups is 1. The van der Waals surface area contributed by atoms with E-state index in [-0.39, 0.29) is 5.91 Å². The molecule has 0 radical (unpaired) electrons. The van der Waals surface area contributed by atoms with E-state index in [1.165, 1.54) is 0 Å². The summed E-state index contributed by atoms with van der Waals surface area (Å²) in [6.45, 7) is 1.68. The Labute approximate surface area is 112 Å². The lowest BCUT2D eigenvalue weighted by Crippen LogP contribution is -2.50. The minimum atomic E-state index is -1.08. The summed E-state index contributed by atoms with van der Waals surface area (Å²) in [5, 5.41) is 0. The molecular weight excluding hydrogens is 238 g/mol. The minimum Gasteiger partial charge on any atom is -0.314 e. The number of carbonyl (C=O) groups excluding carboxylic acids is 1. The first-order chi connectivity index (χ1) is 9.10. The quantitative estimate of drug-likeness (QED) is 0.732. The molecule has 0 saturated heterocycles. The van der Waals surface area contributed by atoms with Gasteiger partial charge in [-0.25, -0.2) is 0 Å². The molecule has 0 unspecified atom stereocenters.